The molecule has 0 spiro atoms. The first-order valence-corrected chi connectivity index (χ1v) is 6.80. The maximum absolute atomic E-state index is 13.7. The third-order valence-corrected chi connectivity index (χ3v) is 3.13. The SMILES string of the molecule is CN(CC(N)=O)C(=O)CCc1ncc(-c2c(F)cccc2F)o1. The fourth-order valence-corrected chi connectivity index (χ4v) is 2.00. The molecule has 0 aliphatic carbocycles. The number of nitrogens with two attached hydrogens (primary N) is 1. The topological polar surface area (TPSA) is 89.4 Å². The van der Waals surface area contributed by atoms with Crippen LogP contribution in [-0.4, -0.2) is 35.3 Å². The maximum Gasteiger partial charge on any atom is 0.237 e. The number of halogens is 2. The lowest BCUT2D eigenvalue weighted by atomic mass is 10.1. The molecule has 0 saturated carbocycles. The van der Waals surface area contributed by atoms with E-state index in [2.05, 4.69) is 4.98 Å². The molecular weight excluding hydrogens is 308 g/mol. The molecule has 0 bridgehead atoms. The van der Waals surface area contributed by atoms with Crippen molar-refractivity contribution in [3.63, 3.8) is 0 Å². The highest BCUT2D eigenvalue weighted by molar-refractivity contribution is 5.83. The van der Waals surface area contributed by atoms with Crippen LogP contribution < -0.4 is 5.73 Å². The van der Waals surface area contributed by atoms with Gasteiger partial charge in [-0.2, -0.15) is 0 Å². The summed E-state index contributed by atoms with van der Waals surface area (Å²) in [6.07, 6.45) is 1.37. The molecule has 1 aromatic carbocycles. The van der Waals surface area contributed by atoms with Crippen molar-refractivity contribution >= 4 is 11.8 Å². The first-order chi connectivity index (χ1) is 10.9. The Labute approximate surface area is 130 Å². The summed E-state index contributed by atoms with van der Waals surface area (Å²) in [5, 5.41) is 0. The second-order valence-corrected chi connectivity index (χ2v) is 4.93. The van der Waals surface area contributed by atoms with Crippen molar-refractivity contribution in [1.82, 2.24) is 9.88 Å². The molecule has 1 aromatic heterocycles. The van der Waals surface area contributed by atoms with Gasteiger partial charge in [0.2, 0.25) is 11.8 Å². The highest BCUT2D eigenvalue weighted by atomic mass is 19.1. The van der Waals surface area contributed by atoms with Crippen molar-refractivity contribution in [3.05, 3.63) is 41.9 Å². The summed E-state index contributed by atoms with van der Waals surface area (Å²) in [5.74, 6) is -2.33. The molecule has 0 radical (unpaired) electrons. The van der Waals surface area contributed by atoms with Crippen LogP contribution in [0.4, 0.5) is 8.78 Å². The minimum Gasteiger partial charge on any atom is -0.441 e. The fraction of sp³-hybridized carbons (Fsp3) is 0.267. The number of aromatic nitrogens is 1. The number of rotatable bonds is 6. The second-order valence-electron chi connectivity index (χ2n) is 4.93. The summed E-state index contributed by atoms with van der Waals surface area (Å²) in [4.78, 5) is 27.6. The Morgan fingerprint density at radius 2 is 1.96 bits per heavy atom. The van der Waals surface area contributed by atoms with Crippen LogP contribution in [0.5, 0.6) is 0 Å². The van der Waals surface area contributed by atoms with Gasteiger partial charge in [0.1, 0.15) is 11.6 Å². The Balaban J connectivity index is 2.03. The monoisotopic (exact) mass is 323 g/mol. The molecule has 6 nitrogen and oxygen atoms in total. The second kappa shape index (κ2) is 6.99. The first kappa shape index (κ1) is 16.6. The molecule has 0 saturated heterocycles. The average molecular weight is 323 g/mol. The molecule has 8 heteroatoms. The number of likely N-dealkylation sites (N-methyl/N-ethyl adjacent to an activating group) is 1. The number of benzene rings is 1. The number of primary amides is 1. The number of oxazole rings is 1. The maximum atomic E-state index is 13.7. The van der Waals surface area contributed by atoms with E-state index in [0.29, 0.717) is 0 Å². The predicted octanol–water partition coefficient (Wildman–Crippen LogP) is 1.50. The fourth-order valence-electron chi connectivity index (χ4n) is 2.00. The van der Waals surface area contributed by atoms with Gasteiger partial charge in [0.25, 0.3) is 0 Å². The van der Waals surface area contributed by atoms with Crippen LogP contribution in [0.2, 0.25) is 0 Å². The van der Waals surface area contributed by atoms with E-state index in [1.54, 1.807) is 0 Å². The number of nitrogens with zero attached hydrogens (tertiary/aromatic N) is 2. The zero-order chi connectivity index (χ0) is 17.0. The molecule has 1 heterocycles. The van der Waals surface area contributed by atoms with Crippen LogP contribution in [0.1, 0.15) is 12.3 Å². The van der Waals surface area contributed by atoms with Gasteiger partial charge >= 0.3 is 0 Å². The van der Waals surface area contributed by atoms with Gasteiger partial charge in [-0.25, -0.2) is 13.8 Å². The number of amides is 2. The minimum atomic E-state index is -0.759. The third kappa shape index (κ3) is 4.12. The summed E-state index contributed by atoms with van der Waals surface area (Å²) in [6.45, 7) is -0.184. The number of hydrogen-bond donors (Lipinski definition) is 1. The van der Waals surface area contributed by atoms with Crippen LogP contribution in [0.3, 0.4) is 0 Å². The van der Waals surface area contributed by atoms with E-state index >= 15 is 0 Å². The van der Waals surface area contributed by atoms with E-state index in [9.17, 15) is 18.4 Å². The summed E-state index contributed by atoms with van der Waals surface area (Å²) in [5.41, 5.74) is 4.70. The lowest BCUT2D eigenvalue weighted by Crippen LogP contribution is -2.35. The summed E-state index contributed by atoms with van der Waals surface area (Å²) < 4.78 is 32.6. The molecule has 2 amide bonds. The molecule has 23 heavy (non-hydrogen) atoms. The average Bonchev–Trinajstić information content (AvgIpc) is 2.92. The quantitative estimate of drug-likeness (QED) is 0.872. The molecule has 2 rings (SSSR count). The van der Waals surface area contributed by atoms with Crippen molar-refractivity contribution in [2.24, 2.45) is 5.73 Å². The van der Waals surface area contributed by atoms with E-state index in [0.717, 1.165) is 12.1 Å². The zero-order valence-electron chi connectivity index (χ0n) is 12.4. The Bertz CT molecular complexity index is 710. The third-order valence-electron chi connectivity index (χ3n) is 3.13. The van der Waals surface area contributed by atoms with Gasteiger partial charge < -0.3 is 15.1 Å². The van der Waals surface area contributed by atoms with Crippen molar-refractivity contribution in [3.8, 4) is 11.3 Å². The van der Waals surface area contributed by atoms with Crippen molar-refractivity contribution in [2.75, 3.05) is 13.6 Å². The zero-order valence-corrected chi connectivity index (χ0v) is 12.4. The van der Waals surface area contributed by atoms with E-state index in [1.807, 2.05) is 0 Å². The van der Waals surface area contributed by atoms with Gasteiger partial charge in [-0.1, -0.05) is 6.07 Å². The molecular formula is C15H15F2N3O3. The van der Waals surface area contributed by atoms with Gasteiger partial charge in [0, 0.05) is 19.9 Å². The first-order valence-electron chi connectivity index (χ1n) is 6.80. The Hall–Kier alpha value is -2.77. The van der Waals surface area contributed by atoms with Crippen molar-refractivity contribution in [1.29, 1.82) is 0 Å². The van der Waals surface area contributed by atoms with Gasteiger partial charge in [-0.05, 0) is 12.1 Å². The number of carbonyl (C=O) groups is 2. The van der Waals surface area contributed by atoms with Crippen LogP contribution >= 0.6 is 0 Å². The molecule has 2 aromatic rings. The lowest BCUT2D eigenvalue weighted by molar-refractivity contribution is -0.133. The Morgan fingerprint density at radius 3 is 2.57 bits per heavy atom. The van der Waals surface area contributed by atoms with Gasteiger partial charge in [-0.3, -0.25) is 9.59 Å². The van der Waals surface area contributed by atoms with Crippen LogP contribution in [0.15, 0.2) is 28.8 Å². The largest absolute Gasteiger partial charge is 0.441 e. The number of aryl methyl sites for hydroxylation is 1. The van der Waals surface area contributed by atoms with Gasteiger partial charge in [0.05, 0.1) is 18.3 Å². The molecule has 0 atom stereocenters. The lowest BCUT2D eigenvalue weighted by Gasteiger charge is -2.14. The molecule has 2 N–H and O–H groups in total. The predicted molar refractivity (Wildman–Crippen MR) is 77.0 cm³/mol. The molecule has 0 unspecified atom stereocenters. The van der Waals surface area contributed by atoms with Crippen molar-refractivity contribution in [2.45, 2.75) is 12.8 Å². The van der Waals surface area contributed by atoms with E-state index in [1.165, 1.54) is 24.2 Å². The molecule has 0 aliphatic rings. The summed E-state index contributed by atoms with van der Waals surface area (Å²) in [7, 11) is 1.45. The summed E-state index contributed by atoms with van der Waals surface area (Å²) in [6, 6.07) is 3.48. The van der Waals surface area contributed by atoms with E-state index in [-0.39, 0.29) is 42.5 Å². The van der Waals surface area contributed by atoms with E-state index in [4.69, 9.17) is 10.2 Å². The van der Waals surface area contributed by atoms with Gasteiger partial charge in [-0.15, -0.1) is 0 Å². The normalized spacial score (nSPS) is 10.6. The molecule has 0 aliphatic heterocycles. The van der Waals surface area contributed by atoms with Gasteiger partial charge in [0.15, 0.2) is 11.7 Å². The molecule has 0 fully saturated rings. The smallest absolute Gasteiger partial charge is 0.237 e. The molecule has 122 valence electrons. The highest BCUT2D eigenvalue weighted by Crippen LogP contribution is 2.26. The minimum absolute atomic E-state index is 0.0312. The van der Waals surface area contributed by atoms with Crippen LogP contribution in [-0.2, 0) is 16.0 Å². The van der Waals surface area contributed by atoms with Crippen molar-refractivity contribution < 1.29 is 22.8 Å². The van der Waals surface area contributed by atoms with Crippen LogP contribution in [0.25, 0.3) is 11.3 Å². The standard InChI is InChI=1S/C15H15F2N3O3/c1-20(8-12(18)21)14(22)6-5-13-19-7-11(23-13)15-9(16)3-2-4-10(15)17/h2-4,7H,5-6,8H2,1H3,(H2,18,21). The Kier molecular flexibility index (Phi) is 5.05. The summed E-state index contributed by atoms with van der Waals surface area (Å²) >= 11 is 0. The Morgan fingerprint density at radius 1 is 1.30 bits per heavy atom. The van der Waals surface area contributed by atoms with E-state index < -0.39 is 17.5 Å². The van der Waals surface area contributed by atoms with Crippen LogP contribution in [0, 0.1) is 11.6 Å². The number of hydrogen-bond acceptors (Lipinski definition) is 4. The number of carbonyl (C=O) groups excluding carboxylic acids is 2. The highest BCUT2D eigenvalue weighted by Gasteiger charge is 2.17.